The van der Waals surface area contributed by atoms with Gasteiger partial charge in [0.15, 0.2) is 5.69 Å². The van der Waals surface area contributed by atoms with Gasteiger partial charge in [-0.2, -0.15) is 0 Å². The lowest BCUT2D eigenvalue weighted by Gasteiger charge is -2.29. The van der Waals surface area contributed by atoms with Gasteiger partial charge in [-0.15, -0.1) is 0 Å². The number of esters is 1. The molecular formula is C15H20N2O4. The predicted octanol–water partition coefficient (Wildman–Crippen LogP) is 1.49. The van der Waals surface area contributed by atoms with Crippen molar-refractivity contribution in [2.24, 2.45) is 5.92 Å². The van der Waals surface area contributed by atoms with Gasteiger partial charge in [-0.25, -0.2) is 9.78 Å². The van der Waals surface area contributed by atoms with Crippen molar-refractivity contribution in [1.82, 2.24) is 4.98 Å². The first kappa shape index (κ1) is 14.1. The van der Waals surface area contributed by atoms with E-state index in [2.05, 4.69) is 9.88 Å². The highest BCUT2D eigenvalue weighted by Gasteiger charge is 2.24. The number of rotatable bonds is 5. The van der Waals surface area contributed by atoms with Crippen LogP contribution in [0.25, 0.3) is 0 Å². The summed E-state index contributed by atoms with van der Waals surface area (Å²) >= 11 is 0. The fourth-order valence-electron chi connectivity index (χ4n) is 2.28. The van der Waals surface area contributed by atoms with E-state index in [-0.39, 0.29) is 5.69 Å². The molecule has 0 unspecified atom stereocenters. The fraction of sp³-hybridized carbons (Fsp3) is 0.600. The molecule has 1 aromatic rings. The first-order chi connectivity index (χ1) is 10.3. The first-order valence-corrected chi connectivity index (χ1v) is 7.33. The number of methoxy groups -OCH3 is 1. The monoisotopic (exact) mass is 292 g/mol. The Morgan fingerprint density at radius 2 is 2.14 bits per heavy atom. The Kier molecular flexibility index (Phi) is 4.24. The highest BCUT2D eigenvalue weighted by molar-refractivity contribution is 5.87. The van der Waals surface area contributed by atoms with E-state index in [1.165, 1.54) is 20.0 Å². The quantitative estimate of drug-likeness (QED) is 0.766. The molecule has 0 aromatic carbocycles. The summed E-state index contributed by atoms with van der Waals surface area (Å²) in [7, 11) is 1.35. The Hall–Kier alpha value is -1.82. The van der Waals surface area contributed by atoms with Crippen LogP contribution < -0.4 is 9.64 Å². The van der Waals surface area contributed by atoms with E-state index >= 15 is 0 Å². The molecule has 0 amide bonds. The fourth-order valence-corrected chi connectivity index (χ4v) is 2.28. The SMILES string of the molecule is COC(=O)c1ccc(N2CCOCC2)c(OCC2CC2)n1. The third kappa shape index (κ3) is 3.44. The molecule has 1 aliphatic heterocycles. The molecule has 2 fully saturated rings. The maximum atomic E-state index is 11.6. The maximum Gasteiger partial charge on any atom is 0.356 e. The van der Waals surface area contributed by atoms with E-state index in [1.807, 2.05) is 6.07 Å². The molecule has 1 aliphatic carbocycles. The zero-order chi connectivity index (χ0) is 14.7. The summed E-state index contributed by atoms with van der Waals surface area (Å²) in [6.07, 6.45) is 2.42. The van der Waals surface area contributed by atoms with E-state index in [9.17, 15) is 4.79 Å². The number of ether oxygens (including phenoxy) is 3. The number of nitrogens with zero attached hydrogens (tertiary/aromatic N) is 2. The van der Waals surface area contributed by atoms with Crippen molar-refractivity contribution in [3.05, 3.63) is 17.8 Å². The third-order valence-electron chi connectivity index (χ3n) is 3.74. The molecule has 1 saturated heterocycles. The second-order valence-electron chi connectivity index (χ2n) is 5.37. The van der Waals surface area contributed by atoms with Crippen LogP contribution in [0.3, 0.4) is 0 Å². The molecule has 6 heteroatoms. The first-order valence-electron chi connectivity index (χ1n) is 7.33. The zero-order valence-corrected chi connectivity index (χ0v) is 12.2. The number of hydrogen-bond acceptors (Lipinski definition) is 6. The van der Waals surface area contributed by atoms with E-state index in [0.29, 0.717) is 31.6 Å². The lowest BCUT2D eigenvalue weighted by atomic mass is 10.2. The highest BCUT2D eigenvalue weighted by Crippen LogP contribution is 2.32. The standard InChI is InChI=1S/C15H20N2O4/c1-19-15(18)12-4-5-13(17-6-8-20-9-7-17)14(16-12)21-10-11-2-3-11/h4-5,11H,2-3,6-10H2,1H3. The van der Waals surface area contributed by atoms with Gasteiger partial charge >= 0.3 is 5.97 Å². The minimum atomic E-state index is -0.445. The Balaban J connectivity index is 1.82. The molecule has 114 valence electrons. The van der Waals surface area contributed by atoms with Crippen molar-refractivity contribution in [2.75, 3.05) is 44.9 Å². The van der Waals surface area contributed by atoms with Crippen molar-refractivity contribution in [3.63, 3.8) is 0 Å². The molecule has 0 N–H and O–H groups in total. The number of aromatic nitrogens is 1. The van der Waals surface area contributed by atoms with Crippen LogP contribution in [-0.2, 0) is 9.47 Å². The smallest absolute Gasteiger partial charge is 0.356 e. The van der Waals surface area contributed by atoms with Crippen molar-refractivity contribution in [2.45, 2.75) is 12.8 Å². The van der Waals surface area contributed by atoms with Crippen LogP contribution in [0.5, 0.6) is 5.88 Å². The third-order valence-corrected chi connectivity index (χ3v) is 3.74. The number of anilines is 1. The zero-order valence-electron chi connectivity index (χ0n) is 12.2. The van der Waals surface area contributed by atoms with E-state index in [1.54, 1.807) is 6.07 Å². The van der Waals surface area contributed by atoms with Gasteiger partial charge in [0.2, 0.25) is 5.88 Å². The molecule has 1 aromatic heterocycles. The van der Waals surface area contributed by atoms with Gasteiger partial charge in [0, 0.05) is 13.1 Å². The average molecular weight is 292 g/mol. The minimum Gasteiger partial charge on any atom is -0.476 e. The van der Waals surface area contributed by atoms with Gasteiger partial charge in [0.05, 0.1) is 26.9 Å². The summed E-state index contributed by atoms with van der Waals surface area (Å²) in [5.74, 6) is 0.706. The number of hydrogen-bond donors (Lipinski definition) is 0. The summed E-state index contributed by atoms with van der Waals surface area (Å²) < 4.78 is 15.9. The Bertz CT molecular complexity index is 510. The molecule has 2 heterocycles. The second kappa shape index (κ2) is 6.30. The van der Waals surface area contributed by atoms with Gasteiger partial charge in [0.25, 0.3) is 0 Å². The number of carbonyl (C=O) groups is 1. The molecule has 6 nitrogen and oxygen atoms in total. The van der Waals surface area contributed by atoms with Crippen molar-refractivity contribution in [1.29, 1.82) is 0 Å². The molecule has 0 atom stereocenters. The topological polar surface area (TPSA) is 60.9 Å². The highest BCUT2D eigenvalue weighted by atomic mass is 16.5. The summed E-state index contributed by atoms with van der Waals surface area (Å²) in [6, 6.07) is 3.56. The molecule has 0 spiro atoms. The van der Waals surface area contributed by atoms with Gasteiger partial charge in [-0.1, -0.05) is 0 Å². The van der Waals surface area contributed by atoms with E-state index in [4.69, 9.17) is 14.2 Å². The maximum absolute atomic E-state index is 11.6. The van der Waals surface area contributed by atoms with Crippen molar-refractivity contribution in [3.8, 4) is 5.88 Å². The van der Waals surface area contributed by atoms with Crippen molar-refractivity contribution < 1.29 is 19.0 Å². The van der Waals surface area contributed by atoms with Crippen LogP contribution in [0.4, 0.5) is 5.69 Å². The molecular weight excluding hydrogens is 272 g/mol. The summed E-state index contributed by atoms with van der Waals surface area (Å²) in [6.45, 7) is 3.66. The Labute approximate surface area is 124 Å². The molecule has 2 aliphatic rings. The average Bonchev–Trinajstić information content (AvgIpc) is 3.37. The molecule has 0 radical (unpaired) electrons. The van der Waals surface area contributed by atoms with Crippen molar-refractivity contribution >= 4 is 11.7 Å². The number of carbonyl (C=O) groups excluding carboxylic acids is 1. The van der Waals surface area contributed by atoms with Gasteiger partial charge in [0.1, 0.15) is 5.69 Å². The van der Waals surface area contributed by atoms with Crippen LogP contribution in [0.15, 0.2) is 12.1 Å². The molecule has 21 heavy (non-hydrogen) atoms. The lowest BCUT2D eigenvalue weighted by Crippen LogP contribution is -2.36. The van der Waals surface area contributed by atoms with Crippen LogP contribution in [-0.4, -0.2) is 51.0 Å². The van der Waals surface area contributed by atoms with Crippen LogP contribution >= 0.6 is 0 Å². The predicted molar refractivity (Wildman–Crippen MR) is 76.8 cm³/mol. The summed E-state index contributed by atoms with van der Waals surface area (Å²) in [5, 5.41) is 0. The minimum absolute atomic E-state index is 0.278. The molecule has 3 rings (SSSR count). The Morgan fingerprint density at radius 1 is 1.38 bits per heavy atom. The molecule has 0 bridgehead atoms. The van der Waals surface area contributed by atoms with Crippen LogP contribution in [0.1, 0.15) is 23.3 Å². The second-order valence-corrected chi connectivity index (χ2v) is 5.37. The van der Waals surface area contributed by atoms with Gasteiger partial charge in [-0.3, -0.25) is 0 Å². The van der Waals surface area contributed by atoms with E-state index in [0.717, 1.165) is 18.8 Å². The number of morpholine rings is 1. The van der Waals surface area contributed by atoms with Gasteiger partial charge in [-0.05, 0) is 30.9 Å². The normalized spacial score (nSPS) is 18.4. The lowest BCUT2D eigenvalue weighted by molar-refractivity contribution is 0.0592. The van der Waals surface area contributed by atoms with Crippen LogP contribution in [0, 0.1) is 5.92 Å². The number of pyridine rings is 1. The van der Waals surface area contributed by atoms with Gasteiger partial charge < -0.3 is 19.1 Å². The largest absolute Gasteiger partial charge is 0.476 e. The Morgan fingerprint density at radius 3 is 2.81 bits per heavy atom. The van der Waals surface area contributed by atoms with E-state index < -0.39 is 5.97 Å². The van der Waals surface area contributed by atoms with Crippen LogP contribution in [0.2, 0.25) is 0 Å². The molecule has 1 saturated carbocycles. The summed E-state index contributed by atoms with van der Waals surface area (Å²) in [4.78, 5) is 18.1. The summed E-state index contributed by atoms with van der Waals surface area (Å²) in [5.41, 5.74) is 1.20.